The lowest BCUT2D eigenvalue weighted by Crippen LogP contribution is -2.24. The van der Waals surface area contributed by atoms with Crippen LogP contribution in [0.1, 0.15) is 18.1 Å². The minimum absolute atomic E-state index is 0.0313. The van der Waals surface area contributed by atoms with Gasteiger partial charge in [-0.25, -0.2) is 4.98 Å². The molecule has 0 amide bonds. The fourth-order valence-electron chi connectivity index (χ4n) is 1.79. The minimum Gasteiger partial charge on any atom is -0.491 e. The van der Waals surface area contributed by atoms with Crippen LogP contribution in [-0.4, -0.2) is 17.6 Å². The van der Waals surface area contributed by atoms with E-state index >= 15 is 0 Å². The summed E-state index contributed by atoms with van der Waals surface area (Å²) >= 11 is 5.87. The Kier molecular flexibility index (Phi) is 5.02. The molecule has 0 radical (unpaired) electrons. The maximum atomic E-state index is 8.91. The van der Waals surface area contributed by atoms with Crippen molar-refractivity contribution in [3.8, 4) is 11.8 Å². The van der Waals surface area contributed by atoms with Gasteiger partial charge in [0.25, 0.3) is 0 Å². The number of rotatable bonds is 5. The summed E-state index contributed by atoms with van der Waals surface area (Å²) in [5, 5.41) is 12.4. The van der Waals surface area contributed by atoms with E-state index in [0.29, 0.717) is 23.1 Å². The molecule has 0 saturated heterocycles. The number of nitrogens with zero attached hydrogens (tertiary/aromatic N) is 2. The minimum atomic E-state index is 0.0313. The zero-order chi connectivity index (χ0) is 15.2. The van der Waals surface area contributed by atoms with Crippen molar-refractivity contribution in [2.45, 2.75) is 19.9 Å². The number of nitriles is 1. The Morgan fingerprint density at radius 2 is 2.05 bits per heavy atom. The van der Waals surface area contributed by atoms with Crippen molar-refractivity contribution in [2.24, 2.45) is 0 Å². The van der Waals surface area contributed by atoms with Crippen LogP contribution in [0, 0.1) is 18.3 Å². The zero-order valence-electron chi connectivity index (χ0n) is 11.9. The molecule has 0 fully saturated rings. The molecule has 108 valence electrons. The van der Waals surface area contributed by atoms with Gasteiger partial charge in [0.15, 0.2) is 0 Å². The van der Waals surface area contributed by atoms with Gasteiger partial charge in [-0.15, -0.1) is 0 Å². The van der Waals surface area contributed by atoms with Gasteiger partial charge in [0.1, 0.15) is 23.3 Å². The Labute approximate surface area is 129 Å². The molecule has 1 atom stereocenters. The van der Waals surface area contributed by atoms with E-state index < -0.39 is 0 Å². The van der Waals surface area contributed by atoms with Crippen molar-refractivity contribution in [2.75, 3.05) is 11.9 Å². The number of nitrogens with one attached hydrogen (secondary N) is 1. The highest BCUT2D eigenvalue weighted by atomic mass is 35.5. The number of aryl methyl sites for hydroxylation is 1. The number of hydrogen-bond donors (Lipinski definition) is 1. The Hall–Kier alpha value is -2.25. The highest BCUT2D eigenvalue weighted by molar-refractivity contribution is 6.29. The summed E-state index contributed by atoms with van der Waals surface area (Å²) in [6, 6.07) is 13.2. The lowest BCUT2D eigenvalue weighted by atomic mass is 10.2. The van der Waals surface area contributed by atoms with Crippen molar-refractivity contribution >= 4 is 17.4 Å². The quantitative estimate of drug-likeness (QED) is 0.854. The third-order valence-corrected chi connectivity index (χ3v) is 3.03. The standard InChI is InChI=1S/C16H16ClN3O/c1-11-3-5-14(6-4-11)21-10-12(2)19-16-8-13(9-18)7-15(17)20-16/h3-8,12H,10H2,1-2H3,(H,19,20). The van der Waals surface area contributed by atoms with Crippen LogP contribution in [0.2, 0.25) is 5.15 Å². The maximum absolute atomic E-state index is 8.91. The van der Waals surface area contributed by atoms with E-state index in [1.165, 1.54) is 11.6 Å². The largest absolute Gasteiger partial charge is 0.491 e. The van der Waals surface area contributed by atoms with Crippen molar-refractivity contribution in [1.29, 1.82) is 5.26 Å². The summed E-state index contributed by atoms with van der Waals surface area (Å²) in [6.07, 6.45) is 0. The molecule has 1 heterocycles. The molecule has 0 saturated carbocycles. The molecule has 21 heavy (non-hydrogen) atoms. The summed E-state index contributed by atoms with van der Waals surface area (Å²) in [7, 11) is 0. The first kappa shape index (κ1) is 15.1. The number of benzene rings is 1. The second kappa shape index (κ2) is 6.96. The van der Waals surface area contributed by atoms with Gasteiger partial charge in [-0.05, 0) is 38.1 Å². The maximum Gasteiger partial charge on any atom is 0.132 e. The highest BCUT2D eigenvalue weighted by Gasteiger charge is 2.06. The van der Waals surface area contributed by atoms with Crippen LogP contribution in [0.15, 0.2) is 36.4 Å². The van der Waals surface area contributed by atoms with Gasteiger partial charge in [0, 0.05) is 0 Å². The van der Waals surface area contributed by atoms with E-state index in [9.17, 15) is 0 Å². The van der Waals surface area contributed by atoms with Gasteiger partial charge in [-0.2, -0.15) is 5.26 Å². The molecule has 0 bridgehead atoms. The number of halogens is 1. The second-order valence-corrected chi connectivity index (χ2v) is 5.23. The van der Waals surface area contributed by atoms with Crippen molar-refractivity contribution < 1.29 is 4.74 Å². The van der Waals surface area contributed by atoms with Gasteiger partial charge in [0.2, 0.25) is 0 Å². The van der Waals surface area contributed by atoms with E-state index in [1.807, 2.05) is 44.2 Å². The summed E-state index contributed by atoms with van der Waals surface area (Å²) in [4.78, 5) is 4.14. The lowest BCUT2D eigenvalue weighted by Gasteiger charge is -2.16. The summed E-state index contributed by atoms with van der Waals surface area (Å²) in [6.45, 7) is 4.49. The molecule has 0 aliphatic rings. The first-order chi connectivity index (χ1) is 10.1. The molecule has 2 aromatic rings. The van der Waals surface area contributed by atoms with Gasteiger partial charge < -0.3 is 10.1 Å². The van der Waals surface area contributed by atoms with Gasteiger partial charge in [0.05, 0.1) is 17.7 Å². The average molecular weight is 302 g/mol. The van der Waals surface area contributed by atoms with Crippen LogP contribution in [0.4, 0.5) is 5.82 Å². The van der Waals surface area contributed by atoms with Gasteiger partial charge in [-0.1, -0.05) is 29.3 Å². The van der Waals surface area contributed by atoms with Crippen molar-refractivity contribution in [1.82, 2.24) is 4.98 Å². The Morgan fingerprint density at radius 3 is 2.71 bits per heavy atom. The molecule has 2 rings (SSSR count). The molecule has 0 aliphatic carbocycles. The molecular weight excluding hydrogens is 286 g/mol. The second-order valence-electron chi connectivity index (χ2n) is 4.85. The predicted octanol–water partition coefficient (Wildman–Crippen LogP) is 3.79. The van der Waals surface area contributed by atoms with Crippen LogP contribution in [0.5, 0.6) is 5.75 Å². The molecular formula is C16H16ClN3O. The first-order valence-electron chi connectivity index (χ1n) is 6.60. The van der Waals surface area contributed by atoms with E-state index in [4.69, 9.17) is 21.6 Å². The Morgan fingerprint density at radius 1 is 1.33 bits per heavy atom. The molecule has 1 aromatic carbocycles. The van der Waals surface area contributed by atoms with E-state index in [2.05, 4.69) is 10.3 Å². The molecule has 0 aliphatic heterocycles. The lowest BCUT2D eigenvalue weighted by molar-refractivity contribution is 0.303. The summed E-state index contributed by atoms with van der Waals surface area (Å²) in [5.41, 5.74) is 1.67. The number of aromatic nitrogens is 1. The van der Waals surface area contributed by atoms with Gasteiger partial charge in [-0.3, -0.25) is 0 Å². The average Bonchev–Trinajstić information content (AvgIpc) is 2.46. The van der Waals surface area contributed by atoms with Crippen LogP contribution < -0.4 is 10.1 Å². The number of ether oxygens (including phenoxy) is 1. The highest BCUT2D eigenvalue weighted by Crippen LogP contribution is 2.15. The van der Waals surface area contributed by atoms with Crippen molar-refractivity contribution in [3.05, 3.63) is 52.7 Å². The van der Waals surface area contributed by atoms with Crippen LogP contribution >= 0.6 is 11.6 Å². The van der Waals surface area contributed by atoms with E-state index in [0.717, 1.165) is 5.75 Å². The molecule has 1 aromatic heterocycles. The molecule has 0 spiro atoms. The summed E-state index contributed by atoms with van der Waals surface area (Å²) < 4.78 is 5.69. The SMILES string of the molecule is Cc1ccc(OCC(C)Nc2cc(C#N)cc(Cl)n2)cc1. The monoisotopic (exact) mass is 301 g/mol. The smallest absolute Gasteiger partial charge is 0.132 e. The number of pyridine rings is 1. The zero-order valence-corrected chi connectivity index (χ0v) is 12.7. The third-order valence-electron chi connectivity index (χ3n) is 2.84. The van der Waals surface area contributed by atoms with Crippen molar-refractivity contribution in [3.63, 3.8) is 0 Å². The van der Waals surface area contributed by atoms with Crippen LogP contribution in [0.25, 0.3) is 0 Å². The number of hydrogen-bond acceptors (Lipinski definition) is 4. The Balaban J connectivity index is 1.92. The third kappa shape index (κ3) is 4.66. The normalized spacial score (nSPS) is 11.5. The van der Waals surface area contributed by atoms with Crippen LogP contribution in [-0.2, 0) is 0 Å². The predicted molar refractivity (Wildman–Crippen MR) is 83.7 cm³/mol. The molecule has 5 heteroatoms. The fraction of sp³-hybridized carbons (Fsp3) is 0.250. The van der Waals surface area contributed by atoms with Gasteiger partial charge >= 0.3 is 0 Å². The molecule has 4 nitrogen and oxygen atoms in total. The Bertz CT molecular complexity index is 650. The number of anilines is 1. The first-order valence-corrected chi connectivity index (χ1v) is 6.98. The van der Waals surface area contributed by atoms with Crippen LogP contribution in [0.3, 0.4) is 0 Å². The summed E-state index contributed by atoms with van der Waals surface area (Å²) in [5.74, 6) is 1.39. The van der Waals surface area contributed by atoms with E-state index in [1.54, 1.807) is 6.07 Å². The molecule has 1 N–H and O–H groups in total. The van der Waals surface area contributed by atoms with E-state index in [-0.39, 0.29) is 6.04 Å². The molecule has 1 unspecified atom stereocenters. The fourth-order valence-corrected chi connectivity index (χ4v) is 1.99. The topological polar surface area (TPSA) is 57.9 Å².